The lowest BCUT2D eigenvalue weighted by Gasteiger charge is -2.31. The second-order valence-corrected chi connectivity index (χ2v) is 8.58. The summed E-state index contributed by atoms with van der Waals surface area (Å²) < 4.78 is 13.0. The highest BCUT2D eigenvalue weighted by atomic mass is 35.5. The van der Waals surface area contributed by atoms with Crippen molar-refractivity contribution in [1.82, 2.24) is 15.1 Å². The number of anilines is 2. The molecule has 3 amide bonds. The highest BCUT2D eigenvalue weighted by molar-refractivity contribution is 7.13. The normalized spacial score (nSPS) is 16.1. The van der Waals surface area contributed by atoms with Gasteiger partial charge in [-0.2, -0.15) is 0 Å². The van der Waals surface area contributed by atoms with Crippen molar-refractivity contribution in [2.24, 2.45) is 0 Å². The van der Waals surface area contributed by atoms with E-state index in [1.807, 2.05) is 0 Å². The molecule has 7 nitrogen and oxygen atoms in total. The Bertz CT molecular complexity index is 1090. The van der Waals surface area contributed by atoms with Crippen LogP contribution in [-0.2, 0) is 0 Å². The van der Waals surface area contributed by atoms with Crippen molar-refractivity contribution in [2.45, 2.75) is 18.8 Å². The van der Waals surface area contributed by atoms with Crippen molar-refractivity contribution in [3.05, 3.63) is 69.4 Å². The number of halogens is 2. The highest BCUT2D eigenvalue weighted by Gasteiger charge is 2.28. The van der Waals surface area contributed by atoms with Crippen LogP contribution in [0.4, 0.5) is 20.6 Å². The Kier molecular flexibility index (Phi) is 6.43. The molecule has 0 saturated carbocycles. The molecule has 0 radical (unpaired) electrons. The third kappa shape index (κ3) is 5.36. The molecule has 160 valence electrons. The number of urea groups is 1. The van der Waals surface area contributed by atoms with Gasteiger partial charge in [0.05, 0.1) is 0 Å². The Morgan fingerprint density at radius 2 is 1.90 bits per heavy atom. The topological polar surface area (TPSA) is 87.2 Å². The molecule has 1 fully saturated rings. The van der Waals surface area contributed by atoms with Gasteiger partial charge in [-0.25, -0.2) is 9.18 Å². The average Bonchev–Trinajstić information content (AvgIpc) is 3.26. The number of carbonyl (C=O) groups excluding carboxylic acids is 2. The van der Waals surface area contributed by atoms with E-state index in [1.165, 1.54) is 35.6 Å². The van der Waals surface area contributed by atoms with Crippen molar-refractivity contribution in [1.29, 1.82) is 0 Å². The van der Waals surface area contributed by atoms with Crippen LogP contribution >= 0.6 is 22.9 Å². The van der Waals surface area contributed by atoms with Crippen LogP contribution in [0.2, 0.25) is 5.02 Å². The number of piperidine rings is 1. The SMILES string of the molecule is O=C(Nc1cccc(Cl)c1)c1nnc(C2CCCN(C(=O)Nc3ccc(F)cc3)C2)s1. The second kappa shape index (κ2) is 9.40. The smallest absolute Gasteiger partial charge is 0.321 e. The van der Waals surface area contributed by atoms with E-state index in [1.54, 1.807) is 29.2 Å². The molecule has 1 unspecified atom stereocenters. The zero-order valence-corrected chi connectivity index (χ0v) is 17.9. The molecule has 2 heterocycles. The third-order valence-corrected chi connectivity index (χ3v) is 6.19. The van der Waals surface area contributed by atoms with E-state index in [9.17, 15) is 14.0 Å². The van der Waals surface area contributed by atoms with Gasteiger partial charge in [-0.05, 0) is 55.3 Å². The van der Waals surface area contributed by atoms with E-state index in [-0.39, 0.29) is 28.7 Å². The first-order valence-corrected chi connectivity index (χ1v) is 10.9. The van der Waals surface area contributed by atoms with E-state index >= 15 is 0 Å². The van der Waals surface area contributed by atoms with Gasteiger partial charge in [-0.15, -0.1) is 10.2 Å². The summed E-state index contributed by atoms with van der Waals surface area (Å²) >= 11 is 7.17. The molecular weight excluding hydrogens is 441 g/mol. The molecule has 3 aromatic rings. The van der Waals surface area contributed by atoms with Crippen LogP contribution in [0.25, 0.3) is 0 Å². The lowest BCUT2D eigenvalue weighted by molar-refractivity contribution is 0.102. The Balaban J connectivity index is 1.38. The Labute approximate surface area is 187 Å². The molecule has 1 aliphatic heterocycles. The molecule has 1 aliphatic rings. The van der Waals surface area contributed by atoms with E-state index < -0.39 is 0 Å². The number of nitrogens with zero attached hydrogens (tertiary/aromatic N) is 3. The summed E-state index contributed by atoms with van der Waals surface area (Å²) in [6.45, 7) is 1.09. The van der Waals surface area contributed by atoms with Gasteiger partial charge >= 0.3 is 6.03 Å². The van der Waals surface area contributed by atoms with Crippen LogP contribution in [0.3, 0.4) is 0 Å². The second-order valence-electron chi connectivity index (χ2n) is 7.13. The number of nitrogens with one attached hydrogen (secondary N) is 2. The van der Waals surface area contributed by atoms with Crippen LogP contribution in [0.15, 0.2) is 48.5 Å². The molecule has 2 N–H and O–H groups in total. The van der Waals surface area contributed by atoms with Gasteiger partial charge in [0.1, 0.15) is 10.8 Å². The predicted molar refractivity (Wildman–Crippen MR) is 118 cm³/mol. The summed E-state index contributed by atoms with van der Waals surface area (Å²) in [7, 11) is 0. The van der Waals surface area contributed by atoms with Gasteiger partial charge < -0.3 is 15.5 Å². The molecule has 2 aromatic carbocycles. The molecule has 0 bridgehead atoms. The largest absolute Gasteiger partial charge is 0.324 e. The summed E-state index contributed by atoms with van der Waals surface area (Å²) in [6.07, 6.45) is 1.66. The summed E-state index contributed by atoms with van der Waals surface area (Å²) in [5, 5.41) is 15.2. The van der Waals surface area contributed by atoms with Gasteiger partial charge in [-0.3, -0.25) is 4.79 Å². The van der Waals surface area contributed by atoms with Crippen molar-refractivity contribution in [2.75, 3.05) is 23.7 Å². The number of rotatable bonds is 4. The number of aromatic nitrogens is 2. The third-order valence-electron chi connectivity index (χ3n) is 4.87. The predicted octanol–water partition coefficient (Wildman–Crippen LogP) is 4.99. The lowest BCUT2D eigenvalue weighted by atomic mass is 9.99. The fourth-order valence-corrected chi connectivity index (χ4v) is 4.40. The fourth-order valence-electron chi connectivity index (χ4n) is 3.34. The standard InChI is InChI=1S/C21H19ClFN5O2S/c22-14-4-1-5-17(11-14)24-18(29)20-27-26-19(31-20)13-3-2-10-28(12-13)21(30)25-16-8-6-15(23)7-9-16/h1,4-9,11,13H,2-3,10,12H2,(H,24,29)(H,25,30). The Morgan fingerprint density at radius 3 is 2.68 bits per heavy atom. The number of amides is 3. The van der Waals surface area contributed by atoms with Gasteiger partial charge in [0.15, 0.2) is 0 Å². The van der Waals surface area contributed by atoms with Gasteiger partial charge in [0, 0.05) is 35.4 Å². The van der Waals surface area contributed by atoms with Crippen LogP contribution in [0.5, 0.6) is 0 Å². The van der Waals surface area contributed by atoms with Crippen LogP contribution in [0, 0.1) is 5.82 Å². The van der Waals surface area contributed by atoms with Crippen LogP contribution < -0.4 is 10.6 Å². The number of carbonyl (C=O) groups is 2. The van der Waals surface area contributed by atoms with Gasteiger partial charge in [-0.1, -0.05) is 29.0 Å². The van der Waals surface area contributed by atoms with Crippen molar-refractivity contribution < 1.29 is 14.0 Å². The molecule has 1 atom stereocenters. The molecule has 1 aromatic heterocycles. The van der Waals surface area contributed by atoms with E-state index in [2.05, 4.69) is 20.8 Å². The van der Waals surface area contributed by atoms with Crippen LogP contribution in [0.1, 0.15) is 33.6 Å². The first kappa shape index (κ1) is 21.2. The first-order valence-electron chi connectivity index (χ1n) is 9.70. The lowest BCUT2D eigenvalue weighted by Crippen LogP contribution is -2.41. The molecule has 10 heteroatoms. The minimum Gasteiger partial charge on any atom is -0.324 e. The van der Waals surface area contributed by atoms with Crippen LogP contribution in [-0.4, -0.2) is 40.1 Å². The number of hydrogen-bond donors (Lipinski definition) is 2. The fraction of sp³-hybridized carbons (Fsp3) is 0.238. The maximum Gasteiger partial charge on any atom is 0.321 e. The van der Waals surface area contributed by atoms with Crippen molar-refractivity contribution in [3.63, 3.8) is 0 Å². The van der Waals surface area contributed by atoms with Crippen molar-refractivity contribution >= 4 is 46.3 Å². The highest BCUT2D eigenvalue weighted by Crippen LogP contribution is 2.30. The molecule has 1 saturated heterocycles. The maximum absolute atomic E-state index is 13.0. The van der Waals surface area contributed by atoms with Gasteiger partial charge in [0.25, 0.3) is 5.91 Å². The summed E-state index contributed by atoms with van der Waals surface area (Å²) in [5.41, 5.74) is 1.11. The van der Waals surface area contributed by atoms with E-state index in [0.717, 1.165) is 17.8 Å². The molecule has 0 spiro atoms. The molecular formula is C21H19ClFN5O2S. The minimum atomic E-state index is -0.359. The molecule has 0 aliphatic carbocycles. The van der Waals surface area contributed by atoms with E-state index in [0.29, 0.717) is 29.5 Å². The average molecular weight is 460 g/mol. The van der Waals surface area contributed by atoms with Crippen molar-refractivity contribution in [3.8, 4) is 0 Å². The van der Waals surface area contributed by atoms with E-state index in [4.69, 9.17) is 11.6 Å². The monoisotopic (exact) mass is 459 g/mol. The number of benzene rings is 2. The maximum atomic E-state index is 13.0. The number of hydrogen-bond acceptors (Lipinski definition) is 5. The summed E-state index contributed by atoms with van der Waals surface area (Å²) in [4.78, 5) is 26.8. The minimum absolute atomic E-state index is 0.00191. The Morgan fingerprint density at radius 1 is 1.10 bits per heavy atom. The molecule has 31 heavy (non-hydrogen) atoms. The summed E-state index contributed by atoms with van der Waals surface area (Å²) in [5.74, 6) is -0.715. The molecule has 4 rings (SSSR count). The van der Waals surface area contributed by atoms with Gasteiger partial charge in [0.2, 0.25) is 5.01 Å². The first-order chi connectivity index (χ1) is 15.0. The number of likely N-dealkylation sites (tertiary alicyclic amines) is 1. The quantitative estimate of drug-likeness (QED) is 0.575. The zero-order chi connectivity index (χ0) is 21.8. The Hall–Kier alpha value is -3.04. The zero-order valence-electron chi connectivity index (χ0n) is 16.3. The summed E-state index contributed by atoms with van der Waals surface area (Å²) in [6, 6.07) is 12.2.